The second-order valence-corrected chi connectivity index (χ2v) is 7.26. The molecular formula is C18H26Cl3N3OS. The van der Waals surface area contributed by atoms with Gasteiger partial charge in [-0.25, -0.2) is 4.98 Å². The Morgan fingerprint density at radius 3 is 2.35 bits per heavy atom. The molecule has 4 rings (SSSR count). The van der Waals surface area contributed by atoms with Gasteiger partial charge in [0.1, 0.15) is 6.10 Å². The smallest absolute Gasteiger partial charge is 0.101 e. The molecule has 146 valence electrons. The lowest BCUT2D eigenvalue weighted by Gasteiger charge is -2.39. The number of ether oxygens (including phenoxy) is 1. The molecule has 0 aliphatic carbocycles. The van der Waals surface area contributed by atoms with Gasteiger partial charge < -0.3 is 9.64 Å². The molecule has 0 bridgehead atoms. The second kappa shape index (κ2) is 11.4. The molecule has 0 radical (unpaired) electrons. The lowest BCUT2D eigenvalue weighted by atomic mass is 10.0. The van der Waals surface area contributed by atoms with Gasteiger partial charge in [-0.1, -0.05) is 30.3 Å². The van der Waals surface area contributed by atoms with Gasteiger partial charge >= 0.3 is 0 Å². The van der Waals surface area contributed by atoms with E-state index in [1.165, 1.54) is 10.6 Å². The van der Waals surface area contributed by atoms with E-state index in [-0.39, 0.29) is 37.2 Å². The molecule has 0 amide bonds. The Labute approximate surface area is 178 Å². The summed E-state index contributed by atoms with van der Waals surface area (Å²) in [5.41, 5.74) is 1.39. The number of hydrogen-bond donors (Lipinski definition) is 0. The number of nitrogens with zero attached hydrogens (tertiary/aromatic N) is 3. The van der Waals surface area contributed by atoms with Crippen LogP contribution in [0.3, 0.4) is 0 Å². The number of hydrogen-bond acceptors (Lipinski definition) is 5. The van der Waals surface area contributed by atoms with Crippen molar-refractivity contribution in [2.24, 2.45) is 0 Å². The maximum Gasteiger partial charge on any atom is 0.101 e. The molecule has 3 heterocycles. The van der Waals surface area contributed by atoms with Crippen LogP contribution < -0.4 is 0 Å². The van der Waals surface area contributed by atoms with E-state index in [1.54, 1.807) is 11.3 Å². The summed E-state index contributed by atoms with van der Waals surface area (Å²) in [6.07, 6.45) is 3.36. The summed E-state index contributed by atoms with van der Waals surface area (Å²) >= 11 is 1.76. The van der Waals surface area contributed by atoms with E-state index in [9.17, 15) is 0 Å². The van der Waals surface area contributed by atoms with E-state index in [4.69, 9.17) is 4.74 Å². The van der Waals surface area contributed by atoms with Crippen molar-refractivity contribution in [2.75, 3.05) is 39.3 Å². The molecule has 2 aliphatic rings. The monoisotopic (exact) mass is 437 g/mol. The highest BCUT2D eigenvalue weighted by Gasteiger charge is 2.38. The molecule has 2 fully saturated rings. The number of thiazole rings is 1. The van der Waals surface area contributed by atoms with Crippen molar-refractivity contribution in [2.45, 2.75) is 18.6 Å². The molecule has 2 atom stereocenters. The Balaban J connectivity index is 0.00000113. The summed E-state index contributed by atoms with van der Waals surface area (Å²) in [5.74, 6) is 0. The zero-order chi connectivity index (χ0) is 15.5. The number of benzene rings is 1. The number of rotatable bonds is 6. The van der Waals surface area contributed by atoms with Crippen LogP contribution in [0, 0.1) is 0 Å². The Morgan fingerprint density at radius 1 is 1.08 bits per heavy atom. The molecule has 1 aromatic carbocycles. The first-order chi connectivity index (χ1) is 11.4. The zero-order valence-electron chi connectivity index (χ0n) is 14.5. The quantitative estimate of drug-likeness (QED) is 0.644. The maximum absolute atomic E-state index is 5.64. The Kier molecular flexibility index (Phi) is 10.4. The van der Waals surface area contributed by atoms with Gasteiger partial charge in [0.05, 0.1) is 17.7 Å². The van der Waals surface area contributed by atoms with Crippen LogP contribution in [0.1, 0.15) is 16.6 Å². The fourth-order valence-electron chi connectivity index (χ4n) is 3.44. The topological polar surface area (TPSA) is 31.9 Å². The molecule has 1 aromatic heterocycles. The van der Waals surface area contributed by atoms with Crippen molar-refractivity contribution < 1.29 is 4.74 Å². The number of piperazine rings is 1. The predicted molar refractivity (Wildman–Crippen MR) is 114 cm³/mol. The summed E-state index contributed by atoms with van der Waals surface area (Å²) < 4.78 is 5.64. The van der Waals surface area contributed by atoms with Crippen LogP contribution in [0.5, 0.6) is 0 Å². The Bertz CT molecular complexity index is 605. The molecule has 0 spiro atoms. The van der Waals surface area contributed by atoms with Gasteiger partial charge in [0.15, 0.2) is 0 Å². The van der Waals surface area contributed by atoms with Gasteiger partial charge in [0.25, 0.3) is 0 Å². The van der Waals surface area contributed by atoms with Crippen molar-refractivity contribution in [3.05, 3.63) is 52.5 Å². The normalized spacial score (nSPS) is 21.0. The fourth-order valence-corrected chi connectivity index (χ4v) is 4.05. The lowest BCUT2D eigenvalue weighted by Crippen LogP contribution is -2.49. The summed E-state index contributed by atoms with van der Waals surface area (Å²) in [5, 5.41) is 3.31. The number of halogens is 3. The molecule has 4 nitrogen and oxygen atoms in total. The maximum atomic E-state index is 5.64. The largest absolute Gasteiger partial charge is 0.371 e. The highest BCUT2D eigenvalue weighted by molar-refractivity contribution is 7.09. The van der Waals surface area contributed by atoms with E-state index >= 15 is 0 Å². The average Bonchev–Trinajstić information content (AvgIpc) is 3.29. The predicted octanol–water partition coefficient (Wildman–Crippen LogP) is 3.71. The van der Waals surface area contributed by atoms with E-state index in [0.717, 1.165) is 45.8 Å². The van der Waals surface area contributed by atoms with Crippen LogP contribution in [0.2, 0.25) is 0 Å². The third kappa shape index (κ3) is 6.06. The highest BCUT2D eigenvalue weighted by Crippen LogP contribution is 2.33. The van der Waals surface area contributed by atoms with Crippen molar-refractivity contribution in [3.63, 3.8) is 0 Å². The molecule has 2 unspecified atom stereocenters. The first-order valence-electron chi connectivity index (χ1n) is 8.41. The fraction of sp³-hybridized carbons (Fsp3) is 0.500. The summed E-state index contributed by atoms with van der Waals surface area (Å²) in [7, 11) is 0. The van der Waals surface area contributed by atoms with Gasteiger partial charge in [0.2, 0.25) is 0 Å². The molecule has 2 aromatic rings. The molecular weight excluding hydrogens is 413 g/mol. The molecule has 0 saturated carbocycles. The van der Waals surface area contributed by atoms with Crippen molar-refractivity contribution in [1.29, 1.82) is 0 Å². The number of aromatic nitrogens is 1. The van der Waals surface area contributed by atoms with Crippen LogP contribution >= 0.6 is 48.6 Å². The zero-order valence-corrected chi connectivity index (χ0v) is 17.8. The van der Waals surface area contributed by atoms with Gasteiger partial charge in [0, 0.05) is 50.7 Å². The van der Waals surface area contributed by atoms with E-state index in [2.05, 4.69) is 50.5 Å². The van der Waals surface area contributed by atoms with Crippen LogP contribution in [-0.4, -0.2) is 60.2 Å². The van der Waals surface area contributed by atoms with Gasteiger partial charge in [-0.3, -0.25) is 4.90 Å². The van der Waals surface area contributed by atoms with Crippen LogP contribution in [-0.2, 0) is 11.2 Å². The Hall–Kier alpha value is -0.400. The van der Waals surface area contributed by atoms with Crippen LogP contribution in [0.15, 0.2) is 41.9 Å². The van der Waals surface area contributed by atoms with Crippen molar-refractivity contribution in [1.82, 2.24) is 14.8 Å². The van der Waals surface area contributed by atoms with E-state index in [1.807, 2.05) is 6.20 Å². The Morgan fingerprint density at radius 2 is 1.77 bits per heavy atom. The minimum Gasteiger partial charge on any atom is -0.371 e. The third-order valence-corrected chi connectivity index (χ3v) is 5.62. The molecule has 2 aliphatic heterocycles. The second-order valence-electron chi connectivity index (χ2n) is 6.28. The summed E-state index contributed by atoms with van der Waals surface area (Å²) in [6, 6.07) is 11.3. The molecule has 8 heteroatoms. The van der Waals surface area contributed by atoms with Gasteiger partial charge in [-0.05, 0) is 5.56 Å². The third-order valence-electron chi connectivity index (χ3n) is 4.78. The van der Waals surface area contributed by atoms with E-state index < -0.39 is 0 Å². The molecule has 26 heavy (non-hydrogen) atoms. The SMILES string of the molecule is Cl.Cl.Cl.c1ccc(C(C2CO2)N2CCN(CCc3nccs3)CC2)cc1. The first-order valence-corrected chi connectivity index (χ1v) is 9.29. The summed E-state index contributed by atoms with van der Waals surface area (Å²) in [6.45, 7) is 6.55. The van der Waals surface area contributed by atoms with Gasteiger partial charge in [-0.2, -0.15) is 0 Å². The molecule has 2 saturated heterocycles. The average molecular weight is 439 g/mol. The van der Waals surface area contributed by atoms with Crippen molar-refractivity contribution >= 4 is 48.6 Å². The highest BCUT2D eigenvalue weighted by atomic mass is 35.5. The minimum absolute atomic E-state index is 0. The number of epoxide rings is 1. The van der Waals surface area contributed by atoms with Gasteiger partial charge in [-0.15, -0.1) is 48.6 Å². The lowest BCUT2D eigenvalue weighted by molar-refractivity contribution is 0.0825. The van der Waals surface area contributed by atoms with Crippen LogP contribution in [0.4, 0.5) is 0 Å². The summed E-state index contributed by atoms with van der Waals surface area (Å²) in [4.78, 5) is 9.55. The standard InChI is InChI=1S/C18H23N3OS.3ClH/c1-2-4-15(5-3-1)18(16-14-22-16)21-11-9-20(10-12-21)8-6-17-19-7-13-23-17;;;/h1-5,7,13,16,18H,6,8-12,14H2;3*1H. The van der Waals surface area contributed by atoms with Crippen LogP contribution in [0.25, 0.3) is 0 Å². The first kappa shape index (κ1) is 23.6. The van der Waals surface area contributed by atoms with Crippen molar-refractivity contribution in [3.8, 4) is 0 Å². The minimum atomic E-state index is 0. The van der Waals surface area contributed by atoms with E-state index in [0.29, 0.717) is 12.1 Å². The molecule has 0 N–H and O–H groups in total.